The molecule has 0 spiro atoms. The van der Waals surface area contributed by atoms with Gasteiger partial charge in [-0.05, 0) is 41.8 Å². The summed E-state index contributed by atoms with van der Waals surface area (Å²) in [5.41, 5.74) is 1.52. The van der Waals surface area contributed by atoms with Gasteiger partial charge in [-0.2, -0.15) is 0 Å². The van der Waals surface area contributed by atoms with Gasteiger partial charge in [-0.3, -0.25) is 13.9 Å². The van der Waals surface area contributed by atoms with Gasteiger partial charge in [0, 0.05) is 29.6 Å². The predicted octanol–water partition coefficient (Wildman–Crippen LogP) is 5.97. The molecule has 0 bridgehead atoms. The smallest absolute Gasteiger partial charge is 0.244 e. The van der Waals surface area contributed by atoms with Gasteiger partial charge in [0.1, 0.15) is 12.6 Å². The quantitative estimate of drug-likeness (QED) is 0.238. The molecule has 11 heteroatoms. The van der Waals surface area contributed by atoms with Gasteiger partial charge in [-0.1, -0.05) is 96.7 Å². The van der Waals surface area contributed by atoms with Crippen molar-refractivity contribution in [3.05, 3.63) is 99.0 Å². The zero-order valence-corrected chi connectivity index (χ0v) is 25.4. The highest BCUT2D eigenvalue weighted by Crippen LogP contribution is 2.31. The van der Waals surface area contributed by atoms with Crippen LogP contribution in [-0.2, 0) is 32.6 Å². The lowest BCUT2D eigenvalue weighted by Crippen LogP contribution is -2.53. The van der Waals surface area contributed by atoms with Crippen molar-refractivity contribution in [2.45, 2.75) is 38.8 Å². The number of nitrogens with one attached hydrogen (secondary N) is 1. The maximum atomic E-state index is 14.1. The van der Waals surface area contributed by atoms with E-state index >= 15 is 0 Å². The summed E-state index contributed by atoms with van der Waals surface area (Å²) >= 11 is 18.9. The number of benzene rings is 3. The van der Waals surface area contributed by atoms with Crippen LogP contribution < -0.4 is 9.62 Å². The van der Waals surface area contributed by atoms with Crippen LogP contribution in [0.15, 0.2) is 72.8 Å². The summed E-state index contributed by atoms with van der Waals surface area (Å²) in [6.45, 7) is 1.85. The largest absolute Gasteiger partial charge is 0.354 e. The highest BCUT2D eigenvalue weighted by molar-refractivity contribution is 7.92. The van der Waals surface area contributed by atoms with E-state index in [1.165, 1.54) is 23.1 Å². The molecule has 3 aromatic rings. The van der Waals surface area contributed by atoms with E-state index in [9.17, 15) is 18.0 Å². The number of carbonyl (C=O) groups is 2. The second-order valence-corrected chi connectivity index (χ2v) is 12.5. The minimum Gasteiger partial charge on any atom is -0.354 e. The molecule has 0 aliphatic carbocycles. The van der Waals surface area contributed by atoms with Crippen LogP contribution in [0.1, 0.15) is 30.9 Å². The Hall–Kier alpha value is -2.78. The zero-order chi connectivity index (χ0) is 29.3. The summed E-state index contributed by atoms with van der Waals surface area (Å²) in [5, 5.41) is 3.72. The standard InChI is InChI=1S/C29H32Cl3N3O4S/c1-3-4-16-33-29(37)27(17-21-10-6-5-7-11-21)34(19-22-12-8-9-13-24(22)31)28(36)20-35(40(2,38)39)26-18-23(30)14-15-25(26)32/h5-15,18,27H,3-4,16-17,19-20H2,1-2H3,(H,33,37)/t27-/m0/s1. The number of hydrogen-bond donors (Lipinski definition) is 1. The topological polar surface area (TPSA) is 86.8 Å². The first-order valence-corrected chi connectivity index (χ1v) is 15.8. The molecule has 214 valence electrons. The average molecular weight is 625 g/mol. The molecule has 3 rings (SSSR count). The number of halogens is 3. The van der Waals surface area contributed by atoms with E-state index in [1.54, 1.807) is 24.3 Å². The summed E-state index contributed by atoms with van der Waals surface area (Å²) in [5.74, 6) is -0.947. The summed E-state index contributed by atoms with van der Waals surface area (Å²) in [4.78, 5) is 29.0. The fourth-order valence-electron chi connectivity index (χ4n) is 4.14. The summed E-state index contributed by atoms with van der Waals surface area (Å²) in [6.07, 6.45) is 2.85. The zero-order valence-electron chi connectivity index (χ0n) is 22.3. The predicted molar refractivity (Wildman–Crippen MR) is 163 cm³/mol. The highest BCUT2D eigenvalue weighted by Gasteiger charge is 2.33. The summed E-state index contributed by atoms with van der Waals surface area (Å²) < 4.78 is 26.7. The Morgan fingerprint density at radius 1 is 0.925 bits per heavy atom. The monoisotopic (exact) mass is 623 g/mol. The van der Waals surface area contributed by atoms with E-state index in [2.05, 4.69) is 5.32 Å². The van der Waals surface area contributed by atoms with Crippen molar-refractivity contribution >= 4 is 62.3 Å². The van der Waals surface area contributed by atoms with Crippen LogP contribution >= 0.6 is 34.8 Å². The normalized spacial score (nSPS) is 12.0. The second kappa shape index (κ2) is 14.7. The number of nitrogens with zero attached hydrogens (tertiary/aromatic N) is 2. The first-order valence-electron chi connectivity index (χ1n) is 12.8. The van der Waals surface area contributed by atoms with E-state index in [-0.39, 0.29) is 34.6 Å². The van der Waals surface area contributed by atoms with Gasteiger partial charge in [0.15, 0.2) is 0 Å². The molecule has 3 aromatic carbocycles. The molecule has 0 saturated carbocycles. The number of amides is 2. The van der Waals surface area contributed by atoms with Crippen LogP contribution in [0.4, 0.5) is 5.69 Å². The lowest BCUT2D eigenvalue weighted by Gasteiger charge is -2.34. The van der Waals surface area contributed by atoms with Crippen molar-refractivity contribution in [2.75, 3.05) is 23.7 Å². The minimum absolute atomic E-state index is 0.0158. The Balaban J connectivity index is 2.07. The van der Waals surface area contributed by atoms with Crippen LogP contribution in [-0.4, -0.2) is 50.5 Å². The summed E-state index contributed by atoms with van der Waals surface area (Å²) in [6, 6.07) is 19.8. The maximum absolute atomic E-state index is 14.1. The Morgan fingerprint density at radius 2 is 1.60 bits per heavy atom. The molecule has 0 radical (unpaired) electrons. The highest BCUT2D eigenvalue weighted by atomic mass is 35.5. The van der Waals surface area contributed by atoms with Crippen molar-refractivity contribution < 1.29 is 18.0 Å². The fraction of sp³-hybridized carbons (Fsp3) is 0.310. The van der Waals surface area contributed by atoms with Gasteiger partial charge in [0.05, 0.1) is 17.0 Å². The maximum Gasteiger partial charge on any atom is 0.244 e. The Kier molecular flexibility index (Phi) is 11.7. The van der Waals surface area contributed by atoms with E-state index < -0.39 is 28.5 Å². The van der Waals surface area contributed by atoms with E-state index in [1.807, 2.05) is 37.3 Å². The van der Waals surface area contributed by atoms with Crippen LogP contribution in [0.25, 0.3) is 0 Å². The number of carbonyl (C=O) groups excluding carboxylic acids is 2. The van der Waals surface area contributed by atoms with Crippen LogP contribution in [0, 0.1) is 0 Å². The van der Waals surface area contributed by atoms with E-state index in [0.29, 0.717) is 17.1 Å². The summed E-state index contributed by atoms with van der Waals surface area (Å²) in [7, 11) is -3.97. The van der Waals surface area contributed by atoms with Gasteiger partial charge >= 0.3 is 0 Å². The molecule has 1 atom stereocenters. The molecule has 7 nitrogen and oxygen atoms in total. The van der Waals surface area contributed by atoms with Crippen molar-refractivity contribution in [1.29, 1.82) is 0 Å². The van der Waals surface area contributed by atoms with Gasteiger partial charge in [0.25, 0.3) is 0 Å². The molecule has 0 heterocycles. The molecule has 0 saturated heterocycles. The van der Waals surface area contributed by atoms with Crippen molar-refractivity contribution in [2.24, 2.45) is 0 Å². The third-order valence-corrected chi connectivity index (χ3v) is 8.31. The van der Waals surface area contributed by atoms with Crippen molar-refractivity contribution in [3.63, 3.8) is 0 Å². The SMILES string of the molecule is CCCCNC(=O)[C@H](Cc1ccccc1)N(Cc1ccccc1Cl)C(=O)CN(c1cc(Cl)ccc1Cl)S(C)(=O)=O. The van der Waals surface area contributed by atoms with Gasteiger partial charge < -0.3 is 10.2 Å². The third kappa shape index (κ3) is 8.86. The Morgan fingerprint density at radius 3 is 2.25 bits per heavy atom. The molecule has 2 amide bonds. The number of sulfonamides is 1. The van der Waals surface area contributed by atoms with E-state index in [0.717, 1.165) is 29.0 Å². The fourth-order valence-corrected chi connectivity index (χ4v) is 5.63. The number of anilines is 1. The van der Waals surface area contributed by atoms with Crippen LogP contribution in [0.5, 0.6) is 0 Å². The third-order valence-electron chi connectivity index (χ3n) is 6.26. The van der Waals surface area contributed by atoms with Crippen LogP contribution in [0.3, 0.4) is 0 Å². The molecule has 0 aliphatic rings. The number of hydrogen-bond acceptors (Lipinski definition) is 4. The van der Waals surface area contributed by atoms with Crippen LogP contribution in [0.2, 0.25) is 15.1 Å². The molecular formula is C29H32Cl3N3O4S. The molecule has 0 aliphatic heterocycles. The number of unbranched alkanes of at least 4 members (excludes halogenated alkanes) is 1. The number of rotatable bonds is 13. The lowest BCUT2D eigenvalue weighted by molar-refractivity contribution is -0.140. The molecule has 0 fully saturated rings. The van der Waals surface area contributed by atoms with Crippen molar-refractivity contribution in [1.82, 2.24) is 10.2 Å². The minimum atomic E-state index is -3.97. The van der Waals surface area contributed by atoms with Gasteiger partial charge in [-0.25, -0.2) is 8.42 Å². The average Bonchev–Trinajstić information content (AvgIpc) is 2.91. The first-order chi connectivity index (χ1) is 19.0. The second-order valence-electron chi connectivity index (χ2n) is 9.33. The molecular weight excluding hydrogens is 593 g/mol. The molecule has 0 unspecified atom stereocenters. The molecule has 1 N–H and O–H groups in total. The molecule has 40 heavy (non-hydrogen) atoms. The lowest BCUT2D eigenvalue weighted by atomic mass is 10.0. The first kappa shape index (κ1) is 31.7. The Bertz CT molecular complexity index is 1420. The van der Waals surface area contributed by atoms with Gasteiger partial charge in [0.2, 0.25) is 21.8 Å². The van der Waals surface area contributed by atoms with Crippen molar-refractivity contribution in [3.8, 4) is 0 Å². The molecule has 0 aromatic heterocycles. The van der Waals surface area contributed by atoms with Gasteiger partial charge in [-0.15, -0.1) is 0 Å². The van der Waals surface area contributed by atoms with E-state index in [4.69, 9.17) is 34.8 Å². The Labute approximate surface area is 251 Å².